The summed E-state index contributed by atoms with van der Waals surface area (Å²) in [7, 11) is 0. The van der Waals surface area contributed by atoms with Gasteiger partial charge in [0.15, 0.2) is 0 Å². The van der Waals surface area contributed by atoms with Crippen LogP contribution in [0.25, 0.3) is 12.2 Å². The molecule has 0 atom stereocenters. The van der Waals surface area contributed by atoms with Crippen molar-refractivity contribution in [3.8, 4) is 0 Å². The first kappa shape index (κ1) is 10.9. The maximum atomic E-state index is 2.49. The molecule has 0 unspecified atom stereocenters. The average Bonchev–Trinajstić information content (AvgIpc) is 2.47. The van der Waals surface area contributed by atoms with E-state index in [0.717, 1.165) is 0 Å². The summed E-state index contributed by atoms with van der Waals surface area (Å²) >= 11 is -2.11. The Kier molecular flexibility index (Phi) is 2.48. The number of fused-ring (bicyclic) bond motifs is 2. The molecule has 0 spiro atoms. The summed E-state index contributed by atoms with van der Waals surface area (Å²) in [5, 5.41) is 0. The van der Waals surface area contributed by atoms with E-state index in [1.807, 2.05) is 0 Å². The first-order chi connectivity index (χ1) is 8.19. The third-order valence-corrected chi connectivity index (χ3v) is 11.3. The Morgan fingerprint density at radius 2 is 1.06 bits per heavy atom. The molecule has 0 saturated carbocycles. The normalized spacial score (nSPS) is 15.9. The molecule has 2 aromatic carbocycles. The second-order valence-electron chi connectivity index (χ2n) is 5.13. The van der Waals surface area contributed by atoms with Gasteiger partial charge in [0.05, 0.1) is 0 Å². The van der Waals surface area contributed by atoms with Crippen LogP contribution in [0.1, 0.15) is 11.1 Å². The Labute approximate surface area is 105 Å². The molecular formula is C16H16Ge. The Morgan fingerprint density at radius 1 is 0.647 bits per heavy atom. The average molecular weight is 281 g/mol. The maximum absolute atomic E-state index is 2.49. The zero-order chi connectivity index (χ0) is 11.9. The van der Waals surface area contributed by atoms with Crippen molar-refractivity contribution in [1.82, 2.24) is 0 Å². The van der Waals surface area contributed by atoms with Gasteiger partial charge in [-0.2, -0.15) is 0 Å². The van der Waals surface area contributed by atoms with E-state index in [4.69, 9.17) is 0 Å². The molecule has 0 fully saturated rings. The van der Waals surface area contributed by atoms with Gasteiger partial charge in [0.1, 0.15) is 0 Å². The van der Waals surface area contributed by atoms with Gasteiger partial charge >= 0.3 is 105 Å². The zero-order valence-corrected chi connectivity index (χ0v) is 12.4. The standard InChI is InChI=1S/C16H16Ge/c1-17(2)15-9-5-3-7-13(15)11-12-14-8-4-6-10-16(14)17/h3-12H,1-2H3. The molecule has 0 bridgehead atoms. The van der Waals surface area contributed by atoms with Crippen LogP contribution in [0.3, 0.4) is 0 Å². The van der Waals surface area contributed by atoms with E-state index in [0.29, 0.717) is 0 Å². The van der Waals surface area contributed by atoms with Gasteiger partial charge < -0.3 is 0 Å². The van der Waals surface area contributed by atoms with Crippen molar-refractivity contribution in [2.24, 2.45) is 0 Å². The molecule has 1 heterocycles. The molecule has 1 aliphatic heterocycles. The summed E-state index contributed by atoms with van der Waals surface area (Å²) < 4.78 is 3.18. The molecule has 0 N–H and O–H groups in total. The van der Waals surface area contributed by atoms with Crippen molar-refractivity contribution in [1.29, 1.82) is 0 Å². The number of rotatable bonds is 0. The van der Waals surface area contributed by atoms with Crippen LogP contribution in [0.5, 0.6) is 0 Å². The summed E-state index contributed by atoms with van der Waals surface area (Å²) in [5.41, 5.74) is 2.82. The second kappa shape index (κ2) is 3.88. The Bertz CT molecular complexity index is 542. The van der Waals surface area contributed by atoms with Crippen molar-refractivity contribution in [2.75, 3.05) is 0 Å². The summed E-state index contributed by atoms with van der Waals surface area (Å²) in [4.78, 5) is 0. The monoisotopic (exact) mass is 282 g/mol. The number of hydrogen-bond donors (Lipinski definition) is 0. The van der Waals surface area contributed by atoms with Gasteiger partial charge in [0.2, 0.25) is 0 Å². The van der Waals surface area contributed by atoms with E-state index in [1.54, 1.807) is 8.79 Å². The Balaban J connectivity index is 2.34. The van der Waals surface area contributed by atoms with Crippen LogP contribution in [0, 0.1) is 0 Å². The molecule has 0 nitrogen and oxygen atoms in total. The summed E-state index contributed by atoms with van der Waals surface area (Å²) in [6.07, 6.45) is 4.54. The van der Waals surface area contributed by atoms with Gasteiger partial charge in [-0.15, -0.1) is 0 Å². The minimum absolute atomic E-state index is 1.41. The first-order valence-electron chi connectivity index (χ1n) is 6.07. The molecule has 3 rings (SSSR count). The molecule has 0 aliphatic carbocycles. The van der Waals surface area contributed by atoms with E-state index in [9.17, 15) is 0 Å². The molecule has 1 heteroatoms. The Hall–Kier alpha value is -1.28. The van der Waals surface area contributed by atoms with Crippen LogP contribution in [-0.4, -0.2) is 13.3 Å². The van der Waals surface area contributed by atoms with Gasteiger partial charge in [-0.3, -0.25) is 0 Å². The number of hydrogen-bond acceptors (Lipinski definition) is 0. The van der Waals surface area contributed by atoms with Crippen molar-refractivity contribution >= 4 is 34.2 Å². The Morgan fingerprint density at radius 3 is 1.53 bits per heavy atom. The predicted molar refractivity (Wildman–Crippen MR) is 78.6 cm³/mol. The van der Waals surface area contributed by atoms with Crippen LogP contribution in [0.2, 0.25) is 11.5 Å². The van der Waals surface area contributed by atoms with E-state index >= 15 is 0 Å². The van der Waals surface area contributed by atoms with Crippen molar-refractivity contribution < 1.29 is 0 Å². The van der Waals surface area contributed by atoms with Crippen LogP contribution in [-0.2, 0) is 0 Å². The van der Waals surface area contributed by atoms with Gasteiger partial charge in [-0.05, 0) is 0 Å². The third-order valence-electron chi connectivity index (χ3n) is 3.71. The van der Waals surface area contributed by atoms with Crippen LogP contribution in [0.4, 0.5) is 0 Å². The fourth-order valence-electron chi connectivity index (χ4n) is 2.75. The molecular weight excluding hydrogens is 265 g/mol. The zero-order valence-electron chi connectivity index (χ0n) is 10.3. The summed E-state index contributed by atoms with van der Waals surface area (Å²) in [6.45, 7) is 0. The molecule has 0 radical (unpaired) electrons. The van der Waals surface area contributed by atoms with E-state index in [2.05, 4.69) is 72.2 Å². The van der Waals surface area contributed by atoms with Crippen LogP contribution in [0.15, 0.2) is 48.5 Å². The van der Waals surface area contributed by atoms with Crippen molar-refractivity contribution in [2.45, 2.75) is 11.5 Å². The van der Waals surface area contributed by atoms with E-state index in [-0.39, 0.29) is 0 Å². The summed E-state index contributed by atoms with van der Waals surface area (Å²) in [6, 6.07) is 17.7. The topological polar surface area (TPSA) is 0 Å². The van der Waals surface area contributed by atoms with Crippen LogP contribution >= 0.6 is 0 Å². The molecule has 2 aromatic rings. The molecule has 1 aliphatic rings. The first-order valence-corrected chi connectivity index (χ1v) is 12.4. The van der Waals surface area contributed by atoms with Gasteiger partial charge in [-0.1, -0.05) is 0 Å². The molecule has 0 amide bonds. The molecule has 0 aromatic heterocycles. The predicted octanol–water partition coefficient (Wildman–Crippen LogP) is 2.99. The van der Waals surface area contributed by atoms with Gasteiger partial charge in [0.25, 0.3) is 0 Å². The van der Waals surface area contributed by atoms with Gasteiger partial charge in [0, 0.05) is 0 Å². The fraction of sp³-hybridized carbons (Fsp3) is 0.125. The minimum atomic E-state index is -2.11. The SMILES string of the molecule is [CH3][Ge]1([CH3])[c]2ccccc2C=Cc2cccc[c]21. The van der Waals surface area contributed by atoms with Crippen LogP contribution < -0.4 is 8.79 Å². The number of benzene rings is 2. The molecule has 0 saturated heterocycles. The fourth-order valence-corrected chi connectivity index (χ4v) is 9.24. The van der Waals surface area contributed by atoms with Crippen molar-refractivity contribution in [3.05, 3.63) is 59.7 Å². The third kappa shape index (κ3) is 1.67. The van der Waals surface area contributed by atoms with E-state index in [1.165, 1.54) is 11.1 Å². The van der Waals surface area contributed by atoms with E-state index < -0.39 is 13.3 Å². The quantitative estimate of drug-likeness (QED) is 0.651. The molecule has 84 valence electrons. The summed E-state index contributed by atoms with van der Waals surface area (Å²) in [5.74, 6) is 4.98. The van der Waals surface area contributed by atoms with Gasteiger partial charge in [-0.25, -0.2) is 0 Å². The van der Waals surface area contributed by atoms with Crippen molar-refractivity contribution in [3.63, 3.8) is 0 Å². The molecule has 17 heavy (non-hydrogen) atoms. The second-order valence-corrected chi connectivity index (χ2v) is 14.2.